The van der Waals surface area contributed by atoms with Crippen LogP contribution in [0.2, 0.25) is 0 Å². The molecule has 1 aliphatic heterocycles. The first-order chi connectivity index (χ1) is 11.6. The molecule has 4 rings (SSSR count). The van der Waals surface area contributed by atoms with Gasteiger partial charge in [-0.15, -0.1) is 11.3 Å². The van der Waals surface area contributed by atoms with E-state index >= 15 is 0 Å². The zero-order chi connectivity index (χ0) is 16.8. The van der Waals surface area contributed by atoms with Crippen LogP contribution in [0.25, 0.3) is 10.2 Å². The molecule has 130 valence electrons. The van der Waals surface area contributed by atoms with Gasteiger partial charge in [-0.2, -0.15) is 0 Å². The average Bonchev–Trinajstić information content (AvgIpc) is 3.07. The highest BCUT2D eigenvalue weighted by molar-refractivity contribution is 7.99. The summed E-state index contributed by atoms with van der Waals surface area (Å²) in [5.41, 5.74) is 0.167. The number of thiophene rings is 1. The van der Waals surface area contributed by atoms with Crippen molar-refractivity contribution >= 4 is 33.3 Å². The summed E-state index contributed by atoms with van der Waals surface area (Å²) in [5.74, 6) is 0. The number of aromatic amines is 1. The Morgan fingerprint density at radius 1 is 1.29 bits per heavy atom. The Morgan fingerprint density at radius 2 is 2.08 bits per heavy atom. The van der Waals surface area contributed by atoms with Crippen molar-refractivity contribution in [2.45, 2.75) is 54.6 Å². The summed E-state index contributed by atoms with van der Waals surface area (Å²) in [6, 6.07) is 0. The van der Waals surface area contributed by atoms with Crippen molar-refractivity contribution in [1.82, 2.24) is 9.97 Å². The Bertz CT molecular complexity index is 820. The van der Waals surface area contributed by atoms with Gasteiger partial charge in [0, 0.05) is 4.88 Å². The SMILES string of the molecule is O=c1[nH]c(SC2OC(CO)C(O)C2O)nc2sc3c(c12)CCCC3. The van der Waals surface area contributed by atoms with E-state index in [1.807, 2.05) is 0 Å². The predicted molar refractivity (Wildman–Crippen MR) is 90.5 cm³/mol. The standard InChI is InChI=1S/C15H18N2O5S2/c18-5-7-10(19)11(20)14(22-7)24-15-16-12(21)9-6-3-1-2-4-8(6)23-13(9)17-15/h7,10-11,14,18-20H,1-5H2,(H,16,17,21). The zero-order valence-electron chi connectivity index (χ0n) is 12.8. The summed E-state index contributed by atoms with van der Waals surface area (Å²) in [5, 5.41) is 30.0. The minimum Gasteiger partial charge on any atom is -0.394 e. The van der Waals surface area contributed by atoms with Crippen LogP contribution >= 0.6 is 23.1 Å². The van der Waals surface area contributed by atoms with Gasteiger partial charge in [0.2, 0.25) is 0 Å². The van der Waals surface area contributed by atoms with Gasteiger partial charge in [0.05, 0.1) is 12.0 Å². The van der Waals surface area contributed by atoms with Gasteiger partial charge in [-0.3, -0.25) is 4.79 Å². The highest BCUT2D eigenvalue weighted by atomic mass is 32.2. The summed E-state index contributed by atoms with van der Waals surface area (Å²) in [6.45, 7) is -0.379. The van der Waals surface area contributed by atoms with Crippen molar-refractivity contribution in [1.29, 1.82) is 0 Å². The minimum atomic E-state index is -1.16. The number of nitrogens with one attached hydrogen (secondary N) is 1. The topological polar surface area (TPSA) is 116 Å². The first-order valence-electron chi connectivity index (χ1n) is 7.92. The third-order valence-corrected chi connectivity index (χ3v) is 6.75. The number of rotatable bonds is 3. The Morgan fingerprint density at radius 3 is 2.83 bits per heavy atom. The number of aliphatic hydroxyl groups excluding tert-OH is 3. The van der Waals surface area contributed by atoms with Crippen LogP contribution < -0.4 is 5.56 Å². The van der Waals surface area contributed by atoms with Gasteiger partial charge < -0.3 is 25.0 Å². The highest BCUT2D eigenvalue weighted by Crippen LogP contribution is 2.36. The molecule has 4 atom stereocenters. The maximum Gasteiger partial charge on any atom is 0.260 e. The van der Waals surface area contributed by atoms with E-state index in [9.17, 15) is 15.0 Å². The second kappa shape index (κ2) is 6.40. The highest BCUT2D eigenvalue weighted by Gasteiger charge is 2.43. The lowest BCUT2D eigenvalue weighted by Crippen LogP contribution is -2.33. The predicted octanol–water partition coefficient (Wildman–Crippen LogP) is 0.395. The van der Waals surface area contributed by atoms with Crippen LogP contribution in [0.1, 0.15) is 23.3 Å². The Kier molecular flexibility index (Phi) is 4.40. The van der Waals surface area contributed by atoms with E-state index in [2.05, 4.69) is 9.97 Å². The van der Waals surface area contributed by atoms with Gasteiger partial charge in [-0.05, 0) is 31.2 Å². The van der Waals surface area contributed by atoms with Crippen LogP contribution in [0.5, 0.6) is 0 Å². The number of aromatic nitrogens is 2. The molecule has 0 bridgehead atoms. The number of aryl methyl sites for hydroxylation is 2. The van der Waals surface area contributed by atoms with Gasteiger partial charge in [0.15, 0.2) is 5.16 Å². The maximum atomic E-state index is 12.5. The third kappa shape index (κ3) is 2.69. The fraction of sp³-hybridized carbons (Fsp3) is 0.600. The summed E-state index contributed by atoms with van der Waals surface area (Å²) < 4.78 is 5.43. The van der Waals surface area contributed by atoms with Crippen LogP contribution in [0.4, 0.5) is 0 Å². The lowest BCUT2D eigenvalue weighted by atomic mass is 9.97. The molecule has 2 aliphatic rings. The molecule has 24 heavy (non-hydrogen) atoms. The normalized spacial score (nSPS) is 30.0. The zero-order valence-corrected chi connectivity index (χ0v) is 14.4. The molecule has 1 saturated heterocycles. The Balaban J connectivity index is 1.65. The minimum absolute atomic E-state index is 0.173. The molecule has 0 saturated carbocycles. The molecule has 4 unspecified atom stereocenters. The number of fused-ring (bicyclic) bond motifs is 3. The number of aliphatic hydroxyl groups is 3. The van der Waals surface area contributed by atoms with Gasteiger partial charge >= 0.3 is 0 Å². The molecule has 0 amide bonds. The summed E-state index contributed by atoms with van der Waals surface area (Å²) in [6.07, 6.45) is 1.01. The number of thioether (sulfide) groups is 1. The van der Waals surface area contributed by atoms with Crippen LogP contribution in [0.15, 0.2) is 9.95 Å². The monoisotopic (exact) mass is 370 g/mol. The van der Waals surface area contributed by atoms with Crippen molar-refractivity contribution in [3.8, 4) is 0 Å². The molecular weight excluding hydrogens is 352 g/mol. The lowest BCUT2D eigenvalue weighted by molar-refractivity contribution is -0.00810. The van der Waals surface area contributed by atoms with E-state index < -0.39 is 23.7 Å². The number of nitrogens with zero attached hydrogens (tertiary/aromatic N) is 1. The Hall–Kier alpha value is -0.970. The molecule has 0 aromatic carbocycles. The molecule has 3 heterocycles. The van der Waals surface area contributed by atoms with E-state index in [-0.39, 0.29) is 12.2 Å². The molecule has 4 N–H and O–H groups in total. The second-order valence-electron chi connectivity index (χ2n) is 6.09. The first kappa shape index (κ1) is 16.5. The molecule has 1 aliphatic carbocycles. The molecule has 2 aromatic rings. The fourth-order valence-corrected chi connectivity index (χ4v) is 5.61. The molecule has 2 aromatic heterocycles. The van der Waals surface area contributed by atoms with Crippen LogP contribution in [-0.4, -0.2) is 55.6 Å². The largest absolute Gasteiger partial charge is 0.394 e. The van der Waals surface area contributed by atoms with Crippen LogP contribution in [-0.2, 0) is 17.6 Å². The van der Waals surface area contributed by atoms with Crippen LogP contribution in [0.3, 0.4) is 0 Å². The van der Waals surface area contributed by atoms with Crippen molar-refractivity contribution in [2.24, 2.45) is 0 Å². The van der Waals surface area contributed by atoms with E-state index in [0.29, 0.717) is 15.4 Å². The molecule has 9 heteroatoms. The summed E-state index contributed by atoms with van der Waals surface area (Å²) in [4.78, 5) is 21.7. The van der Waals surface area contributed by atoms with Gasteiger partial charge in [-0.1, -0.05) is 11.8 Å². The van der Waals surface area contributed by atoms with Gasteiger partial charge in [0.25, 0.3) is 5.56 Å². The smallest absolute Gasteiger partial charge is 0.260 e. The molecule has 7 nitrogen and oxygen atoms in total. The Labute approximate surface area is 145 Å². The fourth-order valence-electron chi connectivity index (χ4n) is 3.27. The summed E-state index contributed by atoms with van der Waals surface area (Å²) in [7, 11) is 0. The van der Waals surface area contributed by atoms with Gasteiger partial charge in [0.1, 0.15) is 28.6 Å². The van der Waals surface area contributed by atoms with Gasteiger partial charge in [-0.25, -0.2) is 4.98 Å². The first-order valence-corrected chi connectivity index (χ1v) is 9.61. The number of hydrogen-bond donors (Lipinski definition) is 4. The molecular formula is C15H18N2O5S2. The number of hydrogen-bond acceptors (Lipinski definition) is 8. The van der Waals surface area contributed by atoms with E-state index in [0.717, 1.165) is 43.0 Å². The molecule has 0 radical (unpaired) electrons. The van der Waals surface area contributed by atoms with E-state index in [1.165, 1.54) is 4.88 Å². The van der Waals surface area contributed by atoms with Crippen LogP contribution in [0, 0.1) is 0 Å². The number of ether oxygens (including phenoxy) is 1. The van der Waals surface area contributed by atoms with Crippen molar-refractivity contribution in [3.05, 3.63) is 20.8 Å². The third-order valence-electron chi connectivity index (χ3n) is 4.53. The van der Waals surface area contributed by atoms with E-state index in [4.69, 9.17) is 9.84 Å². The number of H-pyrrole nitrogens is 1. The quantitative estimate of drug-likeness (QED) is 0.578. The van der Waals surface area contributed by atoms with Crippen molar-refractivity contribution < 1.29 is 20.1 Å². The van der Waals surface area contributed by atoms with E-state index in [1.54, 1.807) is 11.3 Å². The second-order valence-corrected chi connectivity index (χ2v) is 8.26. The van der Waals surface area contributed by atoms with Crippen molar-refractivity contribution in [2.75, 3.05) is 6.61 Å². The van der Waals surface area contributed by atoms with Crippen molar-refractivity contribution in [3.63, 3.8) is 0 Å². The molecule has 0 spiro atoms. The molecule has 1 fully saturated rings. The maximum absolute atomic E-state index is 12.5. The summed E-state index contributed by atoms with van der Waals surface area (Å²) >= 11 is 2.61. The lowest BCUT2D eigenvalue weighted by Gasteiger charge is -2.13. The average molecular weight is 370 g/mol.